The van der Waals surface area contributed by atoms with Gasteiger partial charge in [-0.05, 0) is 234 Å². The number of H-pyrrole nitrogens is 1. The second-order valence-corrected chi connectivity index (χ2v) is 31.3. The quantitative estimate of drug-likeness (QED) is 0.0200. The van der Waals surface area contributed by atoms with Crippen LogP contribution in [0.3, 0.4) is 0 Å². The van der Waals surface area contributed by atoms with E-state index in [2.05, 4.69) is 56.0 Å². The molecule has 3 unspecified atom stereocenters. The number of nitrogens with two attached hydrogens (primary N) is 3. The number of halogens is 13. The van der Waals surface area contributed by atoms with Crippen LogP contribution >= 0.6 is 15.9 Å². The molecule has 3 atom stereocenters. The van der Waals surface area contributed by atoms with Crippen molar-refractivity contribution in [2.24, 2.45) is 27.2 Å². The molecule has 0 amide bonds. The van der Waals surface area contributed by atoms with E-state index >= 15 is 0 Å². The van der Waals surface area contributed by atoms with E-state index in [9.17, 15) is 52.7 Å². The van der Waals surface area contributed by atoms with Crippen LogP contribution in [0.4, 0.5) is 52.7 Å². The fraction of sp³-hybridized carbons (Fsp3) is 0.229. The first kappa shape index (κ1) is 101. The first-order valence-electron chi connectivity index (χ1n) is 41.5. The van der Waals surface area contributed by atoms with Gasteiger partial charge in [-0.25, -0.2) is 39.6 Å². The molecule has 12 heterocycles. The molecule has 38 heteroatoms. The van der Waals surface area contributed by atoms with Gasteiger partial charge in [0.1, 0.15) is 45.6 Å². The maximum Gasteiger partial charge on any atom is 2.00 e. The van der Waals surface area contributed by atoms with Gasteiger partial charge in [0.25, 0.3) is 0 Å². The zero-order valence-corrected chi connectivity index (χ0v) is 75.7. The molecule has 3 aliphatic rings. The number of aromatic nitrogens is 11. The Morgan fingerprint density at radius 3 is 1.19 bits per heavy atom. The molecule has 0 spiro atoms. The summed E-state index contributed by atoms with van der Waals surface area (Å²) in [7, 11) is 0. The molecule has 3 aliphatic heterocycles. The molecule has 24 nitrogen and oxygen atoms in total. The monoisotopic (exact) mass is 2080 g/mol. The second kappa shape index (κ2) is 45.7. The summed E-state index contributed by atoms with van der Waals surface area (Å²) in [5.74, 6) is 0. The van der Waals surface area contributed by atoms with Gasteiger partial charge in [0, 0.05) is 76.0 Å². The summed E-state index contributed by atoms with van der Waals surface area (Å²) in [6.45, 7) is 7.22. The normalized spacial score (nSPS) is 16.2. The van der Waals surface area contributed by atoms with Gasteiger partial charge in [0.2, 0.25) is 0 Å². The summed E-state index contributed by atoms with van der Waals surface area (Å²) in [6, 6.07) is 62.7. The molecule has 15 rings (SSSR count). The van der Waals surface area contributed by atoms with E-state index in [1.165, 1.54) is 18.2 Å². The van der Waals surface area contributed by atoms with Crippen LogP contribution in [0.15, 0.2) is 274 Å². The smallest absolute Gasteiger partial charge is 0.697 e. The number of hydrogen-bond acceptors (Lipinski definition) is 20. The van der Waals surface area contributed by atoms with Crippen LogP contribution in [-0.4, -0.2) is 140 Å². The molecular formula is C96H88BrF12N21O3Pt. The molecule has 3 fully saturated rings. The Morgan fingerprint density at radius 1 is 0.418 bits per heavy atom. The molecule has 0 bridgehead atoms. The predicted molar refractivity (Wildman–Crippen MR) is 492 cm³/mol. The fourth-order valence-electron chi connectivity index (χ4n) is 13.6. The molecule has 12 aromatic rings. The van der Waals surface area contributed by atoms with Crippen LogP contribution in [0.2, 0.25) is 0 Å². The molecule has 12 N–H and O–H groups in total. The molecule has 134 heavy (non-hydrogen) atoms. The third-order valence-corrected chi connectivity index (χ3v) is 20.6. The van der Waals surface area contributed by atoms with E-state index in [0.29, 0.717) is 89.1 Å². The van der Waals surface area contributed by atoms with Crippen LogP contribution in [0.1, 0.15) is 111 Å². The van der Waals surface area contributed by atoms with Crippen molar-refractivity contribution in [3.05, 3.63) is 316 Å². The number of allylic oxidation sites excluding steroid dienone is 8. The molecular weight excluding hydrogens is 2000 g/mol. The Morgan fingerprint density at radius 2 is 0.784 bits per heavy atom. The Hall–Kier alpha value is -13.6. The number of alkyl halides is 12. The number of aliphatic imine (C=N–C) groups is 2. The van der Waals surface area contributed by atoms with Gasteiger partial charge in [0.15, 0.2) is 6.23 Å². The van der Waals surface area contributed by atoms with E-state index in [1.54, 1.807) is 97.9 Å². The van der Waals surface area contributed by atoms with Gasteiger partial charge < -0.3 is 48.3 Å². The van der Waals surface area contributed by atoms with Crippen LogP contribution in [0.5, 0.6) is 0 Å². The van der Waals surface area contributed by atoms with Gasteiger partial charge in [0.05, 0.1) is 91.2 Å². The van der Waals surface area contributed by atoms with E-state index < -0.39 is 71.4 Å². The van der Waals surface area contributed by atoms with Gasteiger partial charge in [-0.3, -0.25) is 25.9 Å². The van der Waals surface area contributed by atoms with E-state index in [0.717, 1.165) is 130 Å². The maximum atomic E-state index is 13.4. The topological polar surface area (TPSA) is 386 Å². The van der Waals surface area contributed by atoms with Crippen LogP contribution in [0, 0.1) is 30.1 Å². The summed E-state index contributed by atoms with van der Waals surface area (Å²) in [5, 5.41) is 34.4. The molecule has 9 aromatic heterocycles. The summed E-state index contributed by atoms with van der Waals surface area (Å²) in [6.07, 6.45) is -7.99. The molecule has 3 aromatic carbocycles. The molecule has 0 radical (unpaired) electrons. The van der Waals surface area contributed by atoms with Crippen molar-refractivity contribution >= 4 is 55.9 Å². The van der Waals surface area contributed by atoms with E-state index in [4.69, 9.17) is 79.2 Å². The Balaban J connectivity index is 0.000000176. The average molecular weight is 2090 g/mol. The van der Waals surface area contributed by atoms with E-state index in [-0.39, 0.29) is 67.2 Å². The zero-order valence-electron chi connectivity index (χ0n) is 71.9. The number of ether oxygens (including phenoxy) is 3. The van der Waals surface area contributed by atoms with Crippen molar-refractivity contribution < 1.29 is 88.0 Å². The Kier molecular flexibility index (Phi) is 34.4. The van der Waals surface area contributed by atoms with Gasteiger partial charge in [-0.1, -0.05) is 103 Å². The summed E-state index contributed by atoms with van der Waals surface area (Å²) in [5.41, 5.74) is 39.9. The Labute approximate surface area is 785 Å². The largest absolute Gasteiger partial charge is 2.00 e. The minimum absolute atomic E-state index is 0. The summed E-state index contributed by atoms with van der Waals surface area (Å²) in [4.78, 5) is 40.4. The number of hydrogen-bond donors (Lipinski definition) is 7. The number of aryl methyl sites for hydroxylation is 2. The molecule has 696 valence electrons. The third kappa shape index (κ3) is 28.5. The van der Waals surface area contributed by atoms with Crippen LogP contribution < -0.4 is 17.2 Å². The standard InChI is InChI=1S/C34H35F3N6O2.2C24H19F3N6.C14H15BrF3N3O.Pt/c1-22-19-30(43(42-22)33-16-3-5-18-45-33)28-14-8-12-26(40-28)24-10-6-9-23(20-24)25-11-7-13-27(39-25)29(21-31(38)34(35,36)37)41-32-15-2-4-17-44-32;1-14-11-22(33-32-14)21-10-4-8-19(31-21)16-6-2-5-15(12-16)18-7-3-9-20(30-18)17(28)13-23(29)24(25,26)27;1-14(28)11-17(29)21-9-3-7-19(32-21)15-5-2-6-16(12-15)20-8-4-10-22(33-20)18(30)13-23(31)24(25,26)27;15-12-5-3-4-9(20-12)10(8-11(19)14(16,17)18)21-13-6-1-2-7-22-13;/h6-14,19-21,32-33H,2-5,15-18,38H2,1H3;2-13,28H,29H2,1H3,(H,32,33);2-13,28-31H,1H3;3-5,8,13H,1-2,6-7,19H2;/q;;-2;;+2/b;;17-11-,18-13-,28-14?,31-23?;;. The van der Waals surface area contributed by atoms with Crippen LogP contribution in [-0.2, 0) is 35.3 Å². The minimum Gasteiger partial charge on any atom is -0.697 e. The number of rotatable bonds is 21. The van der Waals surface area contributed by atoms with Gasteiger partial charge in [-0.15, -0.1) is 11.4 Å². The first-order chi connectivity index (χ1) is 63.3. The van der Waals surface area contributed by atoms with E-state index in [1.807, 2.05) is 128 Å². The summed E-state index contributed by atoms with van der Waals surface area (Å²) >= 11 is 3.19. The first-order valence-corrected chi connectivity index (χ1v) is 42.3. The molecule has 0 saturated carbocycles. The van der Waals surface area contributed by atoms with Gasteiger partial charge >= 0.3 is 45.8 Å². The van der Waals surface area contributed by atoms with Crippen molar-refractivity contribution in [2.75, 3.05) is 19.8 Å². The number of nitrogens with zero attached hydrogens (tertiary/aromatic N) is 12. The predicted octanol–water partition coefficient (Wildman–Crippen LogP) is 23.5. The molecule has 0 aliphatic carbocycles. The number of nitrogens with one attached hydrogen (secondary N) is 6. The van der Waals surface area contributed by atoms with Crippen molar-refractivity contribution in [1.82, 2.24) is 54.9 Å². The maximum absolute atomic E-state index is 13.4. The van der Waals surface area contributed by atoms with Crippen molar-refractivity contribution in [2.45, 2.75) is 122 Å². The number of benzene rings is 3. The number of pyridine rings is 7. The fourth-order valence-corrected chi connectivity index (χ4v) is 13.9. The van der Waals surface area contributed by atoms with Crippen LogP contribution in [0.25, 0.3) is 113 Å². The average Bonchev–Trinajstić information content (AvgIpc) is 1.68. The summed E-state index contributed by atoms with van der Waals surface area (Å²) < 4.78 is 174. The minimum atomic E-state index is -4.83. The van der Waals surface area contributed by atoms with Crippen molar-refractivity contribution in [3.63, 3.8) is 0 Å². The number of aromatic amines is 1. The Bertz CT molecular complexity index is 6400. The van der Waals surface area contributed by atoms with Gasteiger partial charge in [-0.2, -0.15) is 62.9 Å². The van der Waals surface area contributed by atoms with Crippen molar-refractivity contribution in [3.8, 4) is 90.3 Å². The zero-order chi connectivity index (χ0) is 95.3. The molecule has 3 saturated heterocycles. The third-order valence-electron chi connectivity index (χ3n) is 20.1. The second-order valence-electron chi connectivity index (χ2n) is 30.5. The SMILES string of the molecule is CC(=N)/C=C(\[NH-])c1cccc(-c2cccc(-c3cccc(/C([NH-])=C/C(=N)C(F)(F)F)n3)c2)n1.Cc1cc(-c2cccc(-c3cccc(-c4cccc(C(=N)C=C(N)C(F)(F)F)n4)c3)n2)n[nH]1.Cc1cc(-c2cccc(-c3cccc(-c4cccc(C(C=C(N)C(F)(F)F)=NC5CCCCO5)n4)c3)n2)n(C2CCCCO2)n1.NC(=CC(=NC1CCCCO1)c1cccc(Br)n1)C(F)(F)F.[Pt+2]. The van der Waals surface area contributed by atoms with Crippen molar-refractivity contribution in [1.29, 1.82) is 16.2 Å².